The summed E-state index contributed by atoms with van der Waals surface area (Å²) in [7, 11) is 4.00. The minimum Gasteiger partial charge on any atom is -0.324 e. The van der Waals surface area contributed by atoms with E-state index in [1.807, 2.05) is 14.1 Å². The predicted octanol–water partition coefficient (Wildman–Crippen LogP) is 1.38. The molecule has 0 aromatic heterocycles. The number of carbonyl (C=O) groups is 1. The van der Waals surface area contributed by atoms with Gasteiger partial charge in [-0.2, -0.15) is 0 Å². The molecule has 0 fully saturated rings. The Hall–Kier alpha value is -1.99. The van der Waals surface area contributed by atoms with Crippen molar-refractivity contribution in [2.45, 2.75) is 13.3 Å². The summed E-state index contributed by atoms with van der Waals surface area (Å²) in [6, 6.07) is 4.64. The maximum Gasteiger partial charge on any atom is 0.274 e. The molecule has 1 aromatic rings. The number of hydrogen-bond donors (Lipinski definition) is 2. The van der Waals surface area contributed by atoms with Crippen molar-refractivity contribution in [1.82, 2.24) is 10.2 Å². The van der Waals surface area contributed by atoms with E-state index in [-0.39, 0.29) is 18.1 Å². The lowest BCUT2D eigenvalue weighted by molar-refractivity contribution is -0.385. The number of nitro benzene ring substituents is 1. The Bertz CT molecular complexity index is 503. The van der Waals surface area contributed by atoms with Gasteiger partial charge in [0.15, 0.2) is 0 Å². The number of hydrogen-bond acceptors (Lipinski definition) is 5. The molecule has 0 bridgehead atoms. The van der Waals surface area contributed by atoms with Gasteiger partial charge in [0.05, 0.1) is 22.7 Å². The molecule has 1 amide bonds. The molecule has 0 saturated carbocycles. The molecule has 0 saturated heterocycles. The highest BCUT2D eigenvalue weighted by Crippen LogP contribution is 2.24. The Kier molecular flexibility index (Phi) is 6.77. The Morgan fingerprint density at radius 1 is 1.38 bits per heavy atom. The monoisotopic (exact) mass is 294 g/mol. The van der Waals surface area contributed by atoms with Gasteiger partial charge in [-0.3, -0.25) is 14.9 Å². The molecular formula is C14H22N4O3. The van der Waals surface area contributed by atoms with Gasteiger partial charge < -0.3 is 15.5 Å². The van der Waals surface area contributed by atoms with Crippen LogP contribution in [0.15, 0.2) is 18.2 Å². The van der Waals surface area contributed by atoms with Crippen molar-refractivity contribution in [3.8, 4) is 0 Å². The molecule has 0 unspecified atom stereocenters. The van der Waals surface area contributed by atoms with Crippen molar-refractivity contribution in [3.05, 3.63) is 33.9 Å². The third-order valence-electron chi connectivity index (χ3n) is 3.02. The molecule has 0 radical (unpaired) electrons. The van der Waals surface area contributed by atoms with Crippen LogP contribution in [0.2, 0.25) is 0 Å². The second kappa shape index (κ2) is 8.33. The van der Waals surface area contributed by atoms with Crippen LogP contribution >= 0.6 is 0 Å². The van der Waals surface area contributed by atoms with Gasteiger partial charge in [-0.15, -0.1) is 0 Å². The number of anilines is 1. The van der Waals surface area contributed by atoms with Crippen LogP contribution in [0, 0.1) is 17.0 Å². The summed E-state index contributed by atoms with van der Waals surface area (Å²) >= 11 is 0. The van der Waals surface area contributed by atoms with Gasteiger partial charge in [0.2, 0.25) is 5.91 Å². The van der Waals surface area contributed by atoms with Crippen LogP contribution in [0.1, 0.15) is 12.0 Å². The first-order valence-corrected chi connectivity index (χ1v) is 6.81. The van der Waals surface area contributed by atoms with Crippen LogP contribution in [0.5, 0.6) is 0 Å². The molecule has 0 spiro atoms. The fraction of sp³-hybridized carbons (Fsp3) is 0.500. The maximum atomic E-state index is 11.8. The van der Waals surface area contributed by atoms with E-state index >= 15 is 0 Å². The van der Waals surface area contributed by atoms with E-state index in [1.165, 1.54) is 6.07 Å². The molecule has 0 heterocycles. The normalized spacial score (nSPS) is 10.7. The summed E-state index contributed by atoms with van der Waals surface area (Å²) in [6.07, 6.45) is 0.954. The summed E-state index contributed by atoms with van der Waals surface area (Å²) in [5.74, 6) is -0.205. The molecule has 2 N–H and O–H groups in total. The fourth-order valence-electron chi connectivity index (χ4n) is 1.87. The lowest BCUT2D eigenvalue weighted by Crippen LogP contribution is -2.30. The van der Waals surface area contributed by atoms with Gasteiger partial charge in [-0.1, -0.05) is 6.07 Å². The van der Waals surface area contributed by atoms with Gasteiger partial charge in [0.1, 0.15) is 0 Å². The lowest BCUT2D eigenvalue weighted by atomic mass is 10.1. The number of rotatable bonds is 8. The van der Waals surface area contributed by atoms with Gasteiger partial charge in [-0.25, -0.2) is 0 Å². The summed E-state index contributed by atoms with van der Waals surface area (Å²) < 4.78 is 0. The number of nitro groups is 1. The van der Waals surface area contributed by atoms with Gasteiger partial charge in [0, 0.05) is 6.07 Å². The number of nitrogens with zero attached hydrogens (tertiary/aromatic N) is 2. The summed E-state index contributed by atoms with van der Waals surface area (Å²) in [5.41, 5.74) is 0.944. The average Bonchev–Trinajstić information content (AvgIpc) is 2.40. The zero-order valence-corrected chi connectivity index (χ0v) is 12.7. The molecule has 0 atom stereocenters. The highest BCUT2D eigenvalue weighted by Gasteiger charge is 2.14. The smallest absolute Gasteiger partial charge is 0.274 e. The van der Waals surface area contributed by atoms with Crippen LogP contribution < -0.4 is 10.6 Å². The van der Waals surface area contributed by atoms with E-state index < -0.39 is 4.92 Å². The lowest BCUT2D eigenvalue weighted by Gasteiger charge is -2.11. The molecule has 1 rings (SSSR count). The summed E-state index contributed by atoms with van der Waals surface area (Å²) in [5, 5.41) is 16.6. The first-order valence-electron chi connectivity index (χ1n) is 6.81. The third kappa shape index (κ3) is 5.88. The van der Waals surface area contributed by atoms with E-state index in [9.17, 15) is 14.9 Å². The molecule has 0 aliphatic carbocycles. The zero-order chi connectivity index (χ0) is 15.8. The van der Waals surface area contributed by atoms with E-state index in [0.717, 1.165) is 19.5 Å². The molecular weight excluding hydrogens is 272 g/mol. The highest BCUT2D eigenvalue weighted by molar-refractivity contribution is 5.93. The Labute approximate surface area is 124 Å². The van der Waals surface area contributed by atoms with Gasteiger partial charge in [-0.05, 0) is 46.6 Å². The Balaban J connectivity index is 2.45. The van der Waals surface area contributed by atoms with Crippen molar-refractivity contribution in [3.63, 3.8) is 0 Å². The van der Waals surface area contributed by atoms with Gasteiger partial charge >= 0.3 is 0 Å². The first-order chi connectivity index (χ1) is 9.91. The van der Waals surface area contributed by atoms with Crippen LogP contribution in [-0.2, 0) is 4.79 Å². The Morgan fingerprint density at radius 2 is 2.10 bits per heavy atom. The topological polar surface area (TPSA) is 87.5 Å². The number of benzene rings is 1. The van der Waals surface area contributed by atoms with E-state index in [1.54, 1.807) is 19.1 Å². The minimum absolute atomic E-state index is 0.00624. The number of nitrogens with one attached hydrogen (secondary N) is 2. The first kappa shape index (κ1) is 17.1. The van der Waals surface area contributed by atoms with Crippen molar-refractivity contribution in [2.75, 3.05) is 39.0 Å². The minimum atomic E-state index is -0.454. The quantitative estimate of drug-likeness (QED) is 0.430. The Morgan fingerprint density at radius 3 is 2.71 bits per heavy atom. The fourth-order valence-corrected chi connectivity index (χ4v) is 1.87. The maximum absolute atomic E-state index is 11.8. The van der Waals surface area contributed by atoms with Crippen LogP contribution in [0.3, 0.4) is 0 Å². The van der Waals surface area contributed by atoms with E-state index in [2.05, 4.69) is 15.5 Å². The zero-order valence-electron chi connectivity index (χ0n) is 12.7. The highest BCUT2D eigenvalue weighted by atomic mass is 16.6. The molecule has 0 aliphatic heterocycles. The average molecular weight is 294 g/mol. The summed E-state index contributed by atoms with van der Waals surface area (Å²) in [6.45, 7) is 3.52. The second-order valence-electron chi connectivity index (χ2n) is 5.09. The molecule has 21 heavy (non-hydrogen) atoms. The van der Waals surface area contributed by atoms with Crippen LogP contribution in [0.4, 0.5) is 11.4 Å². The molecule has 7 nitrogen and oxygen atoms in total. The molecule has 0 aliphatic rings. The van der Waals surface area contributed by atoms with Crippen molar-refractivity contribution >= 4 is 17.3 Å². The van der Waals surface area contributed by atoms with E-state index in [0.29, 0.717) is 11.3 Å². The summed E-state index contributed by atoms with van der Waals surface area (Å²) in [4.78, 5) is 24.2. The van der Waals surface area contributed by atoms with Crippen molar-refractivity contribution < 1.29 is 9.72 Å². The van der Waals surface area contributed by atoms with Gasteiger partial charge in [0.25, 0.3) is 5.69 Å². The SMILES string of the molecule is Cc1c(NC(=O)CNCCCN(C)C)cccc1[N+](=O)[O-]. The number of amides is 1. The molecule has 7 heteroatoms. The number of carbonyl (C=O) groups excluding carboxylic acids is 1. The predicted molar refractivity (Wildman–Crippen MR) is 82.5 cm³/mol. The van der Waals surface area contributed by atoms with Crippen LogP contribution in [-0.4, -0.2) is 49.5 Å². The molecule has 116 valence electrons. The third-order valence-corrected chi connectivity index (χ3v) is 3.02. The molecule has 1 aromatic carbocycles. The standard InChI is InChI=1S/C14H22N4O3/c1-11-12(6-4-7-13(11)18(20)21)16-14(19)10-15-8-5-9-17(2)3/h4,6-7,15H,5,8-10H2,1-3H3,(H,16,19). The van der Waals surface area contributed by atoms with Crippen molar-refractivity contribution in [1.29, 1.82) is 0 Å². The largest absolute Gasteiger partial charge is 0.324 e. The van der Waals surface area contributed by atoms with Crippen molar-refractivity contribution in [2.24, 2.45) is 0 Å². The van der Waals surface area contributed by atoms with E-state index in [4.69, 9.17) is 0 Å². The second-order valence-corrected chi connectivity index (χ2v) is 5.09. The van der Waals surface area contributed by atoms with Crippen LogP contribution in [0.25, 0.3) is 0 Å².